The number of benzene rings is 1. The van der Waals surface area contributed by atoms with Crippen molar-refractivity contribution in [1.29, 1.82) is 0 Å². The van der Waals surface area contributed by atoms with E-state index in [1.807, 2.05) is 12.1 Å². The molecule has 1 aromatic carbocycles. The van der Waals surface area contributed by atoms with E-state index in [1.165, 1.54) is 5.56 Å². The summed E-state index contributed by atoms with van der Waals surface area (Å²) in [4.78, 5) is 4.34. The van der Waals surface area contributed by atoms with E-state index < -0.39 is 0 Å². The number of hydrogen-bond donors (Lipinski definition) is 3. The lowest BCUT2D eigenvalue weighted by molar-refractivity contribution is 0.127. The van der Waals surface area contributed by atoms with Crippen molar-refractivity contribution in [3.63, 3.8) is 0 Å². The molecule has 1 atom stereocenters. The Morgan fingerprint density at radius 2 is 2.04 bits per heavy atom. The molecule has 0 amide bonds. The number of nitrogens with zero attached hydrogens (tertiary/aromatic N) is 1. The van der Waals surface area contributed by atoms with Crippen LogP contribution in [0, 0.1) is 5.41 Å². The number of hydrogen-bond acceptors (Lipinski definition) is 4. The van der Waals surface area contributed by atoms with Crippen LogP contribution in [0.15, 0.2) is 29.3 Å². The van der Waals surface area contributed by atoms with E-state index >= 15 is 0 Å². The third-order valence-corrected chi connectivity index (χ3v) is 5.25. The third-order valence-electron chi connectivity index (χ3n) is 5.25. The summed E-state index contributed by atoms with van der Waals surface area (Å²) in [6, 6.07) is 8.18. The van der Waals surface area contributed by atoms with Gasteiger partial charge < -0.3 is 25.2 Å². The van der Waals surface area contributed by atoms with Crippen LogP contribution < -0.4 is 15.4 Å². The zero-order valence-electron chi connectivity index (χ0n) is 16.5. The topological polar surface area (TPSA) is 75.1 Å². The van der Waals surface area contributed by atoms with Gasteiger partial charge >= 0.3 is 0 Å². The normalized spacial score (nSPS) is 20.9. The number of nitrogens with one attached hydrogen (secondary N) is 2. The minimum atomic E-state index is -0.0524. The SMILES string of the molecule is CN=C(NCC1(CCO)CCOC1)NCC(C)(C)c1ccc(OC)cc1. The van der Waals surface area contributed by atoms with Crippen LogP contribution in [-0.2, 0) is 10.2 Å². The van der Waals surface area contributed by atoms with Gasteiger partial charge in [-0.3, -0.25) is 4.99 Å². The highest BCUT2D eigenvalue weighted by molar-refractivity contribution is 5.79. The molecular formula is C20H33N3O3. The van der Waals surface area contributed by atoms with Crippen molar-refractivity contribution in [2.75, 3.05) is 47.1 Å². The highest BCUT2D eigenvalue weighted by Crippen LogP contribution is 2.31. The molecule has 2 rings (SSSR count). The summed E-state index contributed by atoms with van der Waals surface area (Å²) in [7, 11) is 3.45. The molecule has 0 radical (unpaired) electrons. The summed E-state index contributed by atoms with van der Waals surface area (Å²) in [6.45, 7) is 7.54. The molecule has 0 bridgehead atoms. The van der Waals surface area contributed by atoms with Crippen molar-refractivity contribution in [3.05, 3.63) is 29.8 Å². The largest absolute Gasteiger partial charge is 0.497 e. The molecule has 0 saturated carbocycles. The summed E-state index contributed by atoms with van der Waals surface area (Å²) in [5.74, 6) is 1.64. The van der Waals surface area contributed by atoms with E-state index in [-0.39, 0.29) is 17.4 Å². The zero-order valence-corrected chi connectivity index (χ0v) is 16.5. The summed E-state index contributed by atoms with van der Waals surface area (Å²) >= 11 is 0. The second kappa shape index (κ2) is 9.24. The maximum absolute atomic E-state index is 9.35. The van der Waals surface area contributed by atoms with Gasteiger partial charge in [0.2, 0.25) is 0 Å². The van der Waals surface area contributed by atoms with Gasteiger partial charge in [-0.25, -0.2) is 0 Å². The smallest absolute Gasteiger partial charge is 0.191 e. The number of guanidine groups is 1. The van der Waals surface area contributed by atoms with Gasteiger partial charge in [-0.15, -0.1) is 0 Å². The van der Waals surface area contributed by atoms with Crippen molar-refractivity contribution in [1.82, 2.24) is 10.6 Å². The van der Waals surface area contributed by atoms with E-state index in [1.54, 1.807) is 14.2 Å². The van der Waals surface area contributed by atoms with Gasteiger partial charge in [-0.05, 0) is 30.5 Å². The van der Waals surface area contributed by atoms with Crippen LogP contribution >= 0.6 is 0 Å². The molecule has 0 aromatic heterocycles. The number of ether oxygens (including phenoxy) is 2. The molecule has 1 heterocycles. The van der Waals surface area contributed by atoms with E-state index in [0.717, 1.165) is 44.2 Å². The first-order valence-electron chi connectivity index (χ1n) is 9.22. The Kier molecular flexibility index (Phi) is 7.29. The van der Waals surface area contributed by atoms with Crippen LogP contribution in [0.1, 0.15) is 32.3 Å². The molecule has 0 aliphatic carbocycles. The summed E-state index contributed by atoms with van der Waals surface area (Å²) in [5, 5.41) is 16.2. The van der Waals surface area contributed by atoms with Crippen LogP contribution in [0.3, 0.4) is 0 Å². The summed E-state index contributed by atoms with van der Waals surface area (Å²) < 4.78 is 10.8. The van der Waals surface area contributed by atoms with Gasteiger partial charge in [0.15, 0.2) is 5.96 Å². The molecule has 1 saturated heterocycles. The Morgan fingerprint density at radius 3 is 2.58 bits per heavy atom. The summed E-state index contributed by atoms with van der Waals surface area (Å²) in [6.07, 6.45) is 1.71. The minimum absolute atomic E-state index is 0.00211. The van der Waals surface area contributed by atoms with Crippen molar-refractivity contribution >= 4 is 5.96 Å². The van der Waals surface area contributed by atoms with E-state index in [4.69, 9.17) is 9.47 Å². The Labute approximate surface area is 157 Å². The molecule has 6 nitrogen and oxygen atoms in total. The van der Waals surface area contributed by atoms with Crippen molar-refractivity contribution in [2.45, 2.75) is 32.1 Å². The highest BCUT2D eigenvalue weighted by Gasteiger charge is 2.34. The average Bonchev–Trinajstić information content (AvgIpc) is 3.11. The third kappa shape index (κ3) is 5.35. The lowest BCUT2D eigenvalue weighted by atomic mass is 9.84. The molecular weight excluding hydrogens is 330 g/mol. The molecule has 1 aliphatic rings. The number of aliphatic hydroxyl groups is 1. The molecule has 1 unspecified atom stereocenters. The van der Waals surface area contributed by atoms with Crippen LogP contribution in [0.4, 0.5) is 0 Å². The van der Waals surface area contributed by atoms with Gasteiger partial charge in [-0.2, -0.15) is 0 Å². The molecule has 1 fully saturated rings. The average molecular weight is 364 g/mol. The summed E-state index contributed by atoms with van der Waals surface area (Å²) in [5.41, 5.74) is 1.18. The number of aliphatic imine (C=N–C) groups is 1. The predicted octanol–water partition coefficient (Wildman–Crippen LogP) is 1.93. The van der Waals surface area contributed by atoms with Crippen molar-refractivity contribution in [2.24, 2.45) is 10.4 Å². The number of aliphatic hydroxyl groups excluding tert-OH is 1. The fraction of sp³-hybridized carbons (Fsp3) is 0.650. The first kappa shape index (κ1) is 20.5. The van der Waals surface area contributed by atoms with Crippen molar-refractivity contribution < 1.29 is 14.6 Å². The van der Waals surface area contributed by atoms with Gasteiger partial charge in [0.05, 0.1) is 13.7 Å². The van der Waals surface area contributed by atoms with Gasteiger partial charge in [0.1, 0.15) is 5.75 Å². The highest BCUT2D eigenvalue weighted by atomic mass is 16.5. The Hall–Kier alpha value is -1.79. The molecule has 0 spiro atoms. The first-order chi connectivity index (χ1) is 12.4. The van der Waals surface area contributed by atoms with Crippen LogP contribution in [-0.4, -0.2) is 58.1 Å². The van der Waals surface area contributed by atoms with E-state index in [9.17, 15) is 5.11 Å². The zero-order chi connectivity index (χ0) is 19.0. The molecule has 6 heteroatoms. The second-order valence-corrected chi connectivity index (χ2v) is 7.67. The lowest BCUT2D eigenvalue weighted by Gasteiger charge is -2.30. The van der Waals surface area contributed by atoms with Gasteiger partial charge in [0.25, 0.3) is 0 Å². The van der Waals surface area contributed by atoms with Crippen LogP contribution in [0.2, 0.25) is 0 Å². The Bertz CT molecular complexity index is 578. The Morgan fingerprint density at radius 1 is 1.31 bits per heavy atom. The molecule has 1 aromatic rings. The molecule has 146 valence electrons. The first-order valence-corrected chi connectivity index (χ1v) is 9.22. The molecule has 1 aliphatic heterocycles. The van der Waals surface area contributed by atoms with Crippen molar-refractivity contribution in [3.8, 4) is 5.75 Å². The second-order valence-electron chi connectivity index (χ2n) is 7.67. The predicted molar refractivity (Wildman–Crippen MR) is 105 cm³/mol. The molecule has 26 heavy (non-hydrogen) atoms. The quantitative estimate of drug-likeness (QED) is 0.486. The van der Waals surface area contributed by atoms with Gasteiger partial charge in [0, 0.05) is 44.2 Å². The number of rotatable bonds is 8. The van der Waals surface area contributed by atoms with Crippen LogP contribution in [0.5, 0.6) is 5.75 Å². The van der Waals surface area contributed by atoms with Crippen LogP contribution in [0.25, 0.3) is 0 Å². The maximum Gasteiger partial charge on any atom is 0.191 e. The lowest BCUT2D eigenvalue weighted by Crippen LogP contribution is -2.47. The monoisotopic (exact) mass is 363 g/mol. The fourth-order valence-electron chi connectivity index (χ4n) is 3.25. The molecule has 3 N–H and O–H groups in total. The fourth-order valence-corrected chi connectivity index (χ4v) is 3.25. The van der Waals surface area contributed by atoms with E-state index in [0.29, 0.717) is 6.61 Å². The Balaban J connectivity index is 1.90. The minimum Gasteiger partial charge on any atom is -0.497 e. The van der Waals surface area contributed by atoms with Gasteiger partial charge in [-0.1, -0.05) is 26.0 Å². The maximum atomic E-state index is 9.35. The standard InChI is InChI=1S/C20H33N3O3/c1-19(2,16-5-7-17(25-4)8-6-16)13-22-18(21-3)23-14-20(9-11-24)10-12-26-15-20/h5-8,24H,9-15H2,1-4H3,(H2,21,22,23). The van der Waals surface area contributed by atoms with E-state index in [2.05, 4.69) is 41.6 Å². The number of methoxy groups -OCH3 is 1.